The summed E-state index contributed by atoms with van der Waals surface area (Å²) in [5.74, 6) is 1.47. The van der Waals surface area contributed by atoms with E-state index in [1.165, 1.54) is 0 Å². The van der Waals surface area contributed by atoms with Crippen molar-refractivity contribution in [1.82, 2.24) is 20.1 Å². The van der Waals surface area contributed by atoms with E-state index in [0.29, 0.717) is 19.0 Å². The third-order valence-electron chi connectivity index (χ3n) is 5.38. The van der Waals surface area contributed by atoms with Crippen LogP contribution in [0, 0.1) is 5.92 Å². The number of rotatable bonds is 9. The summed E-state index contributed by atoms with van der Waals surface area (Å²) in [4.78, 5) is 19.1. The maximum absolute atomic E-state index is 11.9. The van der Waals surface area contributed by atoms with Crippen LogP contribution in [0.5, 0.6) is 0 Å². The van der Waals surface area contributed by atoms with E-state index in [0.717, 1.165) is 56.4 Å². The molecule has 182 valence electrons. The van der Waals surface area contributed by atoms with Gasteiger partial charge in [0.15, 0.2) is 5.96 Å². The molecule has 33 heavy (non-hydrogen) atoms. The molecule has 8 heteroatoms. The Labute approximate surface area is 214 Å². The van der Waals surface area contributed by atoms with Crippen LogP contribution in [-0.4, -0.2) is 60.9 Å². The SMILES string of the molecule is CCNC(=NCc1ccc(Cn2ccccc2=O)cc1)NCC1CN(CC(C)C)CCO1.I. The van der Waals surface area contributed by atoms with Gasteiger partial charge in [-0.1, -0.05) is 44.2 Å². The number of pyridine rings is 1. The number of guanidine groups is 1. The predicted molar refractivity (Wildman–Crippen MR) is 145 cm³/mol. The van der Waals surface area contributed by atoms with Crippen molar-refractivity contribution in [2.75, 3.05) is 39.3 Å². The molecule has 1 aromatic carbocycles. The minimum absolute atomic E-state index is 0. The molecule has 0 amide bonds. The van der Waals surface area contributed by atoms with Crippen molar-refractivity contribution in [3.63, 3.8) is 0 Å². The number of nitrogens with one attached hydrogen (secondary N) is 2. The van der Waals surface area contributed by atoms with E-state index in [4.69, 9.17) is 9.73 Å². The summed E-state index contributed by atoms with van der Waals surface area (Å²) in [7, 11) is 0. The Morgan fingerprint density at radius 1 is 1.15 bits per heavy atom. The van der Waals surface area contributed by atoms with E-state index in [1.54, 1.807) is 16.7 Å². The van der Waals surface area contributed by atoms with Gasteiger partial charge in [-0.2, -0.15) is 0 Å². The van der Waals surface area contributed by atoms with Crippen molar-refractivity contribution in [1.29, 1.82) is 0 Å². The van der Waals surface area contributed by atoms with Gasteiger partial charge in [-0.05, 0) is 30.0 Å². The number of benzene rings is 1. The maximum atomic E-state index is 11.9. The molecule has 2 aromatic rings. The number of hydrogen-bond donors (Lipinski definition) is 2. The molecular weight excluding hydrogens is 529 g/mol. The molecule has 1 fully saturated rings. The number of hydrogen-bond acceptors (Lipinski definition) is 4. The van der Waals surface area contributed by atoms with Crippen LogP contribution in [0.15, 0.2) is 58.4 Å². The van der Waals surface area contributed by atoms with Crippen LogP contribution in [0.25, 0.3) is 0 Å². The number of morpholine rings is 1. The lowest BCUT2D eigenvalue weighted by molar-refractivity contribution is -0.0284. The van der Waals surface area contributed by atoms with E-state index in [-0.39, 0.29) is 35.6 Å². The van der Waals surface area contributed by atoms with Crippen LogP contribution in [-0.2, 0) is 17.8 Å². The lowest BCUT2D eigenvalue weighted by Crippen LogP contribution is -2.50. The van der Waals surface area contributed by atoms with Gasteiger partial charge in [-0.25, -0.2) is 4.99 Å². The molecular formula is C25H38IN5O2. The van der Waals surface area contributed by atoms with E-state index >= 15 is 0 Å². The molecule has 0 aliphatic carbocycles. The van der Waals surface area contributed by atoms with E-state index < -0.39 is 0 Å². The highest BCUT2D eigenvalue weighted by atomic mass is 127. The Balaban J connectivity index is 0.00000385. The summed E-state index contributed by atoms with van der Waals surface area (Å²) in [6.45, 7) is 13.2. The summed E-state index contributed by atoms with van der Waals surface area (Å²) in [6.07, 6.45) is 1.99. The highest BCUT2D eigenvalue weighted by Crippen LogP contribution is 2.09. The van der Waals surface area contributed by atoms with Gasteiger partial charge in [-0.15, -0.1) is 24.0 Å². The van der Waals surface area contributed by atoms with E-state index in [9.17, 15) is 4.79 Å². The van der Waals surface area contributed by atoms with Gasteiger partial charge in [-0.3, -0.25) is 9.69 Å². The highest BCUT2D eigenvalue weighted by molar-refractivity contribution is 14.0. The largest absolute Gasteiger partial charge is 0.374 e. The summed E-state index contributed by atoms with van der Waals surface area (Å²) in [5, 5.41) is 6.75. The molecule has 1 saturated heterocycles. The smallest absolute Gasteiger partial charge is 0.250 e. The van der Waals surface area contributed by atoms with Gasteiger partial charge in [0.05, 0.1) is 25.8 Å². The summed E-state index contributed by atoms with van der Waals surface area (Å²) < 4.78 is 7.64. The van der Waals surface area contributed by atoms with Gasteiger partial charge in [0, 0.05) is 45.0 Å². The second kappa shape index (κ2) is 14.4. The van der Waals surface area contributed by atoms with E-state index in [2.05, 4.69) is 60.6 Å². The molecule has 0 saturated carbocycles. The number of ether oxygens (including phenoxy) is 1. The highest BCUT2D eigenvalue weighted by Gasteiger charge is 2.21. The Morgan fingerprint density at radius 2 is 1.91 bits per heavy atom. The predicted octanol–water partition coefficient (Wildman–Crippen LogP) is 2.93. The second-order valence-corrected chi connectivity index (χ2v) is 8.71. The molecule has 2 N–H and O–H groups in total. The minimum Gasteiger partial charge on any atom is -0.374 e. The van der Waals surface area contributed by atoms with Gasteiger partial charge in [0.25, 0.3) is 5.56 Å². The molecule has 1 aliphatic rings. The first-order valence-corrected chi connectivity index (χ1v) is 11.6. The molecule has 3 rings (SSSR count). The molecule has 1 atom stereocenters. The molecule has 0 bridgehead atoms. The lowest BCUT2D eigenvalue weighted by atomic mass is 10.1. The van der Waals surface area contributed by atoms with Crippen LogP contribution in [0.4, 0.5) is 0 Å². The van der Waals surface area contributed by atoms with Crippen LogP contribution < -0.4 is 16.2 Å². The number of aliphatic imine (C=N–C) groups is 1. The average Bonchev–Trinajstić information content (AvgIpc) is 2.78. The second-order valence-electron chi connectivity index (χ2n) is 8.71. The quantitative estimate of drug-likeness (QED) is 0.277. The number of aromatic nitrogens is 1. The fraction of sp³-hybridized carbons (Fsp3) is 0.520. The Kier molecular flexibility index (Phi) is 11.9. The van der Waals surface area contributed by atoms with Crippen molar-refractivity contribution in [3.8, 4) is 0 Å². The summed E-state index contributed by atoms with van der Waals surface area (Å²) >= 11 is 0. The average molecular weight is 568 g/mol. The molecule has 1 aliphatic heterocycles. The summed E-state index contributed by atoms with van der Waals surface area (Å²) in [5.41, 5.74) is 2.23. The first-order valence-electron chi connectivity index (χ1n) is 11.6. The standard InChI is InChI=1S/C25H37N5O2.HI/c1-4-26-25(28-16-23-19-29(13-14-32-23)17-20(2)3)27-15-21-8-10-22(11-9-21)18-30-12-6-5-7-24(30)31;/h5-12,20,23H,4,13-19H2,1-3H3,(H2,26,27,28);1H. The zero-order valence-electron chi connectivity index (χ0n) is 20.0. The molecule has 1 aromatic heterocycles. The van der Waals surface area contributed by atoms with Gasteiger partial charge in [0.2, 0.25) is 0 Å². The molecule has 2 heterocycles. The van der Waals surface area contributed by atoms with Crippen LogP contribution in [0.2, 0.25) is 0 Å². The van der Waals surface area contributed by atoms with Gasteiger partial charge < -0.3 is 19.9 Å². The fourth-order valence-corrected chi connectivity index (χ4v) is 3.85. The van der Waals surface area contributed by atoms with E-state index in [1.807, 2.05) is 12.3 Å². The minimum atomic E-state index is 0. The van der Waals surface area contributed by atoms with Crippen molar-refractivity contribution in [2.24, 2.45) is 10.9 Å². The third-order valence-corrected chi connectivity index (χ3v) is 5.38. The number of nitrogens with zero attached hydrogens (tertiary/aromatic N) is 3. The van der Waals surface area contributed by atoms with Crippen molar-refractivity contribution >= 4 is 29.9 Å². The third kappa shape index (κ3) is 9.46. The van der Waals surface area contributed by atoms with Crippen LogP contribution >= 0.6 is 24.0 Å². The van der Waals surface area contributed by atoms with Crippen molar-refractivity contribution in [2.45, 2.75) is 40.0 Å². The normalized spacial score (nSPS) is 17.0. The monoisotopic (exact) mass is 567 g/mol. The Hall–Kier alpha value is -1.91. The fourth-order valence-electron chi connectivity index (χ4n) is 3.85. The van der Waals surface area contributed by atoms with Gasteiger partial charge >= 0.3 is 0 Å². The first kappa shape index (κ1) is 27.3. The molecule has 0 radical (unpaired) electrons. The maximum Gasteiger partial charge on any atom is 0.250 e. The van der Waals surface area contributed by atoms with Crippen LogP contribution in [0.1, 0.15) is 31.9 Å². The first-order chi connectivity index (χ1) is 15.5. The van der Waals surface area contributed by atoms with Crippen molar-refractivity contribution in [3.05, 3.63) is 70.1 Å². The topological polar surface area (TPSA) is 70.9 Å². The summed E-state index contributed by atoms with van der Waals surface area (Å²) in [6, 6.07) is 13.5. The molecule has 0 spiro atoms. The van der Waals surface area contributed by atoms with Crippen LogP contribution in [0.3, 0.4) is 0 Å². The lowest BCUT2D eigenvalue weighted by Gasteiger charge is -2.34. The zero-order chi connectivity index (χ0) is 22.8. The van der Waals surface area contributed by atoms with Crippen molar-refractivity contribution < 1.29 is 4.74 Å². The van der Waals surface area contributed by atoms with Gasteiger partial charge in [0.1, 0.15) is 0 Å². The Bertz CT molecular complexity index is 914. The zero-order valence-corrected chi connectivity index (χ0v) is 22.3. The molecule has 7 nitrogen and oxygen atoms in total. The molecule has 1 unspecified atom stereocenters. The Morgan fingerprint density at radius 3 is 2.61 bits per heavy atom. The number of halogens is 1.